The van der Waals surface area contributed by atoms with Crippen LogP contribution in [0.15, 0.2) is 34.9 Å². The number of unbranched alkanes of at least 4 members (excludes halogenated alkanes) is 3. The van der Waals surface area contributed by atoms with E-state index < -0.39 is 0 Å². The van der Waals surface area contributed by atoms with E-state index in [4.69, 9.17) is 9.63 Å². The highest BCUT2D eigenvalue weighted by Gasteiger charge is 2.13. The van der Waals surface area contributed by atoms with Gasteiger partial charge in [-0.05, 0) is 37.1 Å². The van der Waals surface area contributed by atoms with Gasteiger partial charge in [0.05, 0.1) is 0 Å². The van der Waals surface area contributed by atoms with Crippen LogP contribution in [0.25, 0.3) is 11.3 Å². The zero-order valence-electron chi connectivity index (χ0n) is 11.7. The van der Waals surface area contributed by atoms with Crippen molar-refractivity contribution in [2.45, 2.75) is 32.1 Å². The first kappa shape index (κ1) is 15.4. The van der Waals surface area contributed by atoms with Crippen LogP contribution < -0.4 is 0 Å². The first-order valence-corrected chi connectivity index (χ1v) is 7.07. The second kappa shape index (κ2) is 7.69. The van der Waals surface area contributed by atoms with Gasteiger partial charge in [0.2, 0.25) is 0 Å². The number of aliphatic hydroxyl groups is 1. The highest BCUT2D eigenvalue weighted by molar-refractivity contribution is 5.94. The van der Waals surface area contributed by atoms with Crippen LogP contribution in [-0.2, 0) is 0 Å². The van der Waals surface area contributed by atoms with Gasteiger partial charge in [0.1, 0.15) is 11.5 Å². The predicted molar refractivity (Wildman–Crippen MR) is 76.4 cm³/mol. The number of ketones is 1. The van der Waals surface area contributed by atoms with Crippen molar-refractivity contribution in [2.24, 2.45) is 0 Å². The molecule has 0 atom stereocenters. The molecular weight excluding hydrogens is 273 g/mol. The second-order valence-electron chi connectivity index (χ2n) is 4.89. The number of nitrogens with zero attached hydrogens (tertiary/aromatic N) is 1. The zero-order valence-corrected chi connectivity index (χ0v) is 11.7. The molecule has 0 aliphatic rings. The molecule has 1 aromatic heterocycles. The summed E-state index contributed by atoms with van der Waals surface area (Å²) in [6.45, 7) is 0.193. The minimum atomic E-state index is -0.322. The fraction of sp³-hybridized carbons (Fsp3) is 0.375. The van der Waals surface area contributed by atoms with E-state index in [1.807, 2.05) is 0 Å². The van der Waals surface area contributed by atoms with Crippen LogP contribution in [0.4, 0.5) is 4.39 Å². The monoisotopic (exact) mass is 291 g/mol. The number of carbonyl (C=O) groups is 1. The molecule has 0 bridgehead atoms. The summed E-state index contributed by atoms with van der Waals surface area (Å²) in [5.74, 6) is 0.0761. The van der Waals surface area contributed by atoms with Gasteiger partial charge < -0.3 is 9.63 Å². The van der Waals surface area contributed by atoms with Crippen molar-refractivity contribution < 1.29 is 18.8 Å². The molecule has 0 saturated heterocycles. The number of benzene rings is 1. The number of rotatable bonds is 8. The Balaban J connectivity index is 1.90. The lowest BCUT2D eigenvalue weighted by Crippen LogP contribution is -1.99. The molecule has 0 amide bonds. The SMILES string of the molecule is O=C(CCCCCCO)c1cc(-c2ccc(F)cc2)on1. The van der Waals surface area contributed by atoms with Gasteiger partial charge in [-0.3, -0.25) is 4.79 Å². The van der Waals surface area contributed by atoms with Gasteiger partial charge in [0.15, 0.2) is 11.5 Å². The largest absolute Gasteiger partial charge is 0.396 e. The maximum absolute atomic E-state index is 12.8. The van der Waals surface area contributed by atoms with Gasteiger partial charge in [-0.2, -0.15) is 0 Å². The highest BCUT2D eigenvalue weighted by Crippen LogP contribution is 2.21. The average Bonchev–Trinajstić information content (AvgIpc) is 2.97. The maximum atomic E-state index is 12.8. The third-order valence-corrected chi connectivity index (χ3v) is 3.24. The highest BCUT2D eigenvalue weighted by atomic mass is 19.1. The molecule has 0 aliphatic carbocycles. The van der Waals surface area contributed by atoms with Crippen LogP contribution >= 0.6 is 0 Å². The summed E-state index contributed by atoms with van der Waals surface area (Å²) < 4.78 is 18.0. The van der Waals surface area contributed by atoms with Crippen molar-refractivity contribution in [3.63, 3.8) is 0 Å². The lowest BCUT2D eigenvalue weighted by atomic mass is 10.1. The Morgan fingerprint density at radius 1 is 1.14 bits per heavy atom. The lowest BCUT2D eigenvalue weighted by Gasteiger charge is -1.97. The second-order valence-corrected chi connectivity index (χ2v) is 4.89. The summed E-state index contributed by atoms with van der Waals surface area (Å²) in [6.07, 6.45) is 3.80. The Morgan fingerprint density at radius 3 is 2.57 bits per heavy atom. The van der Waals surface area contributed by atoms with E-state index in [1.54, 1.807) is 18.2 Å². The predicted octanol–water partition coefficient (Wildman–Crippen LogP) is 3.61. The normalized spacial score (nSPS) is 10.8. The summed E-state index contributed by atoms with van der Waals surface area (Å²) >= 11 is 0. The van der Waals surface area contributed by atoms with Gasteiger partial charge in [0.25, 0.3) is 0 Å². The number of aromatic nitrogens is 1. The Bertz CT molecular complexity index is 577. The molecule has 0 spiro atoms. The van der Waals surface area contributed by atoms with Crippen LogP contribution in [-0.4, -0.2) is 22.7 Å². The third-order valence-electron chi connectivity index (χ3n) is 3.24. The molecule has 0 aliphatic heterocycles. The Hall–Kier alpha value is -2.01. The number of Topliss-reactive ketones (excluding diaryl/α,β-unsaturated/α-hetero) is 1. The molecule has 0 radical (unpaired) electrons. The van der Waals surface area contributed by atoms with E-state index in [-0.39, 0.29) is 18.2 Å². The van der Waals surface area contributed by atoms with Crippen molar-refractivity contribution in [2.75, 3.05) is 6.61 Å². The van der Waals surface area contributed by atoms with Crippen LogP contribution in [0.1, 0.15) is 42.6 Å². The molecule has 21 heavy (non-hydrogen) atoms. The Labute approximate surface area is 122 Å². The van der Waals surface area contributed by atoms with Crippen molar-refractivity contribution in [1.82, 2.24) is 5.16 Å². The fourth-order valence-electron chi connectivity index (χ4n) is 2.04. The van der Waals surface area contributed by atoms with Crippen LogP contribution in [0.3, 0.4) is 0 Å². The molecule has 112 valence electrons. The van der Waals surface area contributed by atoms with Crippen LogP contribution in [0, 0.1) is 5.82 Å². The van der Waals surface area contributed by atoms with E-state index in [0.29, 0.717) is 23.4 Å². The molecule has 1 heterocycles. The quantitative estimate of drug-likeness (QED) is 0.596. The topological polar surface area (TPSA) is 63.3 Å². The summed E-state index contributed by atoms with van der Waals surface area (Å²) in [4.78, 5) is 11.9. The molecule has 1 N–H and O–H groups in total. The molecule has 0 fully saturated rings. The van der Waals surface area contributed by atoms with Gasteiger partial charge in [-0.15, -0.1) is 0 Å². The summed E-state index contributed by atoms with van der Waals surface area (Å²) in [7, 11) is 0. The van der Waals surface area contributed by atoms with E-state index >= 15 is 0 Å². The molecule has 0 unspecified atom stereocenters. The first-order valence-electron chi connectivity index (χ1n) is 7.07. The summed E-state index contributed by atoms with van der Waals surface area (Å²) in [6, 6.07) is 7.42. The Morgan fingerprint density at radius 2 is 1.86 bits per heavy atom. The van der Waals surface area contributed by atoms with E-state index in [0.717, 1.165) is 25.7 Å². The minimum Gasteiger partial charge on any atom is -0.396 e. The molecule has 0 saturated carbocycles. The smallest absolute Gasteiger partial charge is 0.184 e. The summed E-state index contributed by atoms with van der Waals surface area (Å²) in [5.41, 5.74) is 0.988. The molecule has 1 aromatic carbocycles. The molecule has 2 rings (SSSR count). The van der Waals surface area contributed by atoms with Gasteiger partial charge in [-0.1, -0.05) is 18.0 Å². The minimum absolute atomic E-state index is 0.0592. The standard InChI is InChI=1S/C16H18FNO3/c17-13-8-6-12(7-9-13)16-11-14(18-21-16)15(20)5-3-1-2-4-10-19/h6-9,11,19H,1-5,10H2. The number of carbonyl (C=O) groups excluding carboxylic acids is 1. The van der Waals surface area contributed by atoms with Crippen molar-refractivity contribution in [3.8, 4) is 11.3 Å². The lowest BCUT2D eigenvalue weighted by molar-refractivity contribution is 0.0970. The van der Waals surface area contributed by atoms with Gasteiger partial charge >= 0.3 is 0 Å². The van der Waals surface area contributed by atoms with Crippen LogP contribution in [0.5, 0.6) is 0 Å². The zero-order chi connectivity index (χ0) is 15.1. The number of aliphatic hydroxyl groups excluding tert-OH is 1. The first-order chi connectivity index (χ1) is 10.2. The third kappa shape index (κ3) is 4.49. The molecule has 2 aromatic rings. The van der Waals surface area contributed by atoms with Crippen LogP contribution in [0.2, 0.25) is 0 Å². The number of hydrogen-bond donors (Lipinski definition) is 1. The molecular formula is C16H18FNO3. The number of halogens is 1. The average molecular weight is 291 g/mol. The Kier molecular flexibility index (Phi) is 5.63. The fourth-order valence-corrected chi connectivity index (χ4v) is 2.04. The van der Waals surface area contributed by atoms with E-state index in [2.05, 4.69) is 5.16 Å². The van der Waals surface area contributed by atoms with E-state index in [9.17, 15) is 9.18 Å². The van der Waals surface area contributed by atoms with Gasteiger partial charge in [0, 0.05) is 24.7 Å². The molecule has 4 nitrogen and oxygen atoms in total. The maximum Gasteiger partial charge on any atom is 0.184 e. The van der Waals surface area contributed by atoms with Crippen molar-refractivity contribution >= 4 is 5.78 Å². The van der Waals surface area contributed by atoms with Gasteiger partial charge in [-0.25, -0.2) is 4.39 Å². The van der Waals surface area contributed by atoms with Crippen molar-refractivity contribution in [3.05, 3.63) is 41.8 Å². The van der Waals surface area contributed by atoms with Crippen molar-refractivity contribution in [1.29, 1.82) is 0 Å². The number of hydrogen-bond acceptors (Lipinski definition) is 4. The van der Waals surface area contributed by atoms with E-state index in [1.165, 1.54) is 12.1 Å². The summed E-state index contributed by atoms with van der Waals surface area (Å²) in [5, 5.41) is 12.4. The molecule has 5 heteroatoms.